The van der Waals surface area contributed by atoms with Crippen LogP contribution in [-0.2, 0) is 6.42 Å². The Morgan fingerprint density at radius 1 is 1.31 bits per heavy atom. The zero-order chi connectivity index (χ0) is 11.6. The van der Waals surface area contributed by atoms with Crippen LogP contribution in [0.4, 0.5) is 4.39 Å². The summed E-state index contributed by atoms with van der Waals surface area (Å²) in [5.41, 5.74) is 1.19. The van der Waals surface area contributed by atoms with Crippen molar-refractivity contribution in [2.45, 2.75) is 39.2 Å². The van der Waals surface area contributed by atoms with Crippen molar-refractivity contribution in [3.63, 3.8) is 0 Å². The molecule has 2 heteroatoms. The van der Waals surface area contributed by atoms with Crippen LogP contribution in [0.25, 0.3) is 0 Å². The third-order valence-corrected chi connectivity index (χ3v) is 3.37. The molecule has 0 heterocycles. The number of rotatable bonds is 5. The molecular formula is C14H20FN. The van der Waals surface area contributed by atoms with Crippen molar-refractivity contribution in [3.05, 3.63) is 35.6 Å². The van der Waals surface area contributed by atoms with Crippen molar-refractivity contribution >= 4 is 0 Å². The van der Waals surface area contributed by atoms with E-state index in [2.05, 4.69) is 19.2 Å². The van der Waals surface area contributed by atoms with E-state index in [1.165, 1.54) is 12.8 Å². The van der Waals surface area contributed by atoms with Crippen molar-refractivity contribution < 1.29 is 4.39 Å². The molecule has 16 heavy (non-hydrogen) atoms. The highest BCUT2D eigenvalue weighted by molar-refractivity contribution is 5.21. The molecule has 1 aliphatic carbocycles. The maximum atomic E-state index is 13.5. The first kappa shape index (κ1) is 11.6. The molecule has 0 aromatic heterocycles. The summed E-state index contributed by atoms with van der Waals surface area (Å²) in [7, 11) is 0. The molecule has 0 amide bonds. The van der Waals surface area contributed by atoms with Gasteiger partial charge in [0.1, 0.15) is 5.82 Å². The monoisotopic (exact) mass is 221 g/mol. The van der Waals surface area contributed by atoms with Gasteiger partial charge in [0.2, 0.25) is 0 Å². The predicted molar refractivity (Wildman–Crippen MR) is 64.9 cm³/mol. The molecule has 1 N–H and O–H groups in total. The summed E-state index contributed by atoms with van der Waals surface area (Å²) in [5.74, 6) is -0.0571. The minimum absolute atomic E-state index is 0.0571. The van der Waals surface area contributed by atoms with Gasteiger partial charge in [-0.2, -0.15) is 0 Å². The van der Waals surface area contributed by atoms with Crippen molar-refractivity contribution in [3.8, 4) is 0 Å². The maximum absolute atomic E-state index is 13.5. The average molecular weight is 221 g/mol. The molecule has 1 nitrogen and oxygen atoms in total. The van der Waals surface area contributed by atoms with Gasteiger partial charge in [-0.05, 0) is 36.3 Å². The number of benzene rings is 1. The van der Waals surface area contributed by atoms with Crippen LogP contribution < -0.4 is 5.32 Å². The van der Waals surface area contributed by atoms with Gasteiger partial charge >= 0.3 is 0 Å². The molecule has 1 aliphatic rings. The van der Waals surface area contributed by atoms with Crippen LogP contribution in [0.2, 0.25) is 0 Å². The minimum Gasteiger partial charge on any atom is -0.314 e. The zero-order valence-corrected chi connectivity index (χ0v) is 10.1. The Labute approximate surface area is 97.1 Å². The number of hydrogen-bond donors (Lipinski definition) is 1. The second-order valence-electron chi connectivity index (χ2n) is 5.30. The predicted octanol–water partition coefficient (Wildman–Crippen LogP) is 3.15. The van der Waals surface area contributed by atoms with Crippen LogP contribution in [0, 0.1) is 11.2 Å². The van der Waals surface area contributed by atoms with Crippen molar-refractivity contribution in [2.75, 3.05) is 6.54 Å². The second-order valence-corrected chi connectivity index (χ2v) is 5.30. The molecule has 2 rings (SSSR count). The van der Waals surface area contributed by atoms with Crippen LogP contribution in [-0.4, -0.2) is 12.6 Å². The van der Waals surface area contributed by atoms with Crippen LogP contribution in [0.15, 0.2) is 24.3 Å². The quantitative estimate of drug-likeness (QED) is 0.805. The molecule has 0 unspecified atom stereocenters. The normalized spacial score (nSPS) is 17.8. The Kier molecular flexibility index (Phi) is 3.29. The van der Waals surface area contributed by atoms with E-state index < -0.39 is 0 Å². The lowest BCUT2D eigenvalue weighted by molar-refractivity contribution is 0.422. The lowest BCUT2D eigenvalue weighted by Crippen LogP contribution is -2.31. The van der Waals surface area contributed by atoms with E-state index in [1.807, 2.05) is 12.1 Å². The van der Waals surface area contributed by atoms with Gasteiger partial charge in [-0.25, -0.2) is 4.39 Å². The summed E-state index contributed by atoms with van der Waals surface area (Å²) < 4.78 is 13.5. The SMILES string of the molecule is CC(C)NCC1(Cc2ccccc2F)CC1. The summed E-state index contributed by atoms with van der Waals surface area (Å²) in [6.07, 6.45) is 3.32. The van der Waals surface area contributed by atoms with Gasteiger partial charge in [-0.3, -0.25) is 0 Å². The molecule has 1 aromatic carbocycles. The topological polar surface area (TPSA) is 12.0 Å². The summed E-state index contributed by atoms with van der Waals surface area (Å²) in [6.45, 7) is 5.32. The highest BCUT2D eigenvalue weighted by atomic mass is 19.1. The summed E-state index contributed by atoms with van der Waals surface area (Å²) in [6, 6.07) is 7.65. The largest absolute Gasteiger partial charge is 0.314 e. The molecule has 0 aliphatic heterocycles. The fourth-order valence-corrected chi connectivity index (χ4v) is 2.06. The van der Waals surface area contributed by atoms with Gasteiger partial charge in [0.05, 0.1) is 0 Å². The Hall–Kier alpha value is -0.890. The van der Waals surface area contributed by atoms with Gasteiger partial charge in [0.25, 0.3) is 0 Å². The average Bonchev–Trinajstić information content (AvgIpc) is 3.00. The highest BCUT2D eigenvalue weighted by Gasteiger charge is 2.42. The van der Waals surface area contributed by atoms with Crippen LogP contribution in [0.3, 0.4) is 0 Å². The molecule has 0 saturated heterocycles. The van der Waals surface area contributed by atoms with E-state index in [0.29, 0.717) is 11.5 Å². The van der Waals surface area contributed by atoms with Gasteiger partial charge in [0, 0.05) is 12.6 Å². The molecule has 1 fully saturated rings. The summed E-state index contributed by atoms with van der Waals surface area (Å²) in [5, 5.41) is 3.47. The summed E-state index contributed by atoms with van der Waals surface area (Å²) in [4.78, 5) is 0. The van der Waals surface area contributed by atoms with Crippen LogP contribution in [0.1, 0.15) is 32.3 Å². The smallest absolute Gasteiger partial charge is 0.126 e. The Balaban J connectivity index is 1.96. The first-order valence-electron chi connectivity index (χ1n) is 6.08. The van der Waals surface area contributed by atoms with Crippen molar-refractivity contribution in [2.24, 2.45) is 5.41 Å². The number of hydrogen-bond acceptors (Lipinski definition) is 1. The van der Waals surface area contributed by atoms with Crippen molar-refractivity contribution in [1.82, 2.24) is 5.32 Å². The molecule has 0 atom stereocenters. The van der Waals surface area contributed by atoms with E-state index in [0.717, 1.165) is 18.5 Å². The third kappa shape index (κ3) is 2.82. The number of nitrogens with one attached hydrogen (secondary N) is 1. The third-order valence-electron chi connectivity index (χ3n) is 3.37. The highest BCUT2D eigenvalue weighted by Crippen LogP contribution is 2.48. The Morgan fingerprint density at radius 2 is 2.00 bits per heavy atom. The Bertz CT molecular complexity index is 356. The van der Waals surface area contributed by atoms with Crippen LogP contribution >= 0.6 is 0 Å². The van der Waals surface area contributed by atoms with Gasteiger partial charge in [0.15, 0.2) is 0 Å². The molecule has 0 radical (unpaired) electrons. The van der Waals surface area contributed by atoms with Gasteiger partial charge in [-0.15, -0.1) is 0 Å². The summed E-state index contributed by atoms with van der Waals surface area (Å²) >= 11 is 0. The first-order valence-corrected chi connectivity index (χ1v) is 6.08. The molecule has 1 aromatic rings. The maximum Gasteiger partial charge on any atom is 0.126 e. The number of halogens is 1. The zero-order valence-electron chi connectivity index (χ0n) is 10.1. The van der Waals surface area contributed by atoms with Crippen LogP contribution in [0.5, 0.6) is 0 Å². The van der Waals surface area contributed by atoms with Gasteiger partial charge < -0.3 is 5.32 Å². The van der Waals surface area contributed by atoms with Gasteiger partial charge in [-0.1, -0.05) is 32.0 Å². The molecule has 1 saturated carbocycles. The standard InChI is InChI=1S/C14H20FN/c1-11(2)16-10-14(7-8-14)9-12-5-3-4-6-13(12)15/h3-6,11,16H,7-10H2,1-2H3. The lowest BCUT2D eigenvalue weighted by atomic mass is 9.96. The molecule has 0 spiro atoms. The van der Waals surface area contributed by atoms with E-state index in [9.17, 15) is 4.39 Å². The molecular weight excluding hydrogens is 201 g/mol. The van der Waals surface area contributed by atoms with E-state index in [4.69, 9.17) is 0 Å². The lowest BCUT2D eigenvalue weighted by Gasteiger charge is -2.18. The van der Waals surface area contributed by atoms with E-state index in [1.54, 1.807) is 12.1 Å². The first-order chi connectivity index (χ1) is 7.61. The fourth-order valence-electron chi connectivity index (χ4n) is 2.06. The van der Waals surface area contributed by atoms with E-state index >= 15 is 0 Å². The van der Waals surface area contributed by atoms with E-state index in [-0.39, 0.29) is 5.82 Å². The minimum atomic E-state index is -0.0571. The second kappa shape index (κ2) is 4.54. The fraction of sp³-hybridized carbons (Fsp3) is 0.571. The van der Waals surface area contributed by atoms with Crippen molar-refractivity contribution in [1.29, 1.82) is 0 Å². The molecule has 0 bridgehead atoms. The molecule has 88 valence electrons. The Morgan fingerprint density at radius 3 is 2.56 bits per heavy atom.